The number of phenols is 3. The summed E-state index contributed by atoms with van der Waals surface area (Å²) < 4.78 is 0. The molecule has 6 nitrogen and oxygen atoms in total. The van der Waals surface area contributed by atoms with Crippen LogP contribution >= 0.6 is 0 Å². The molecule has 6 heteroatoms. The summed E-state index contributed by atoms with van der Waals surface area (Å²) in [6.45, 7) is 1.76. The topological polar surface area (TPSA) is 102 Å². The first-order valence-electron chi connectivity index (χ1n) is 7.54. The number of benzene rings is 3. The summed E-state index contributed by atoms with van der Waals surface area (Å²) in [5, 5.41) is 34.5. The molecular formula is C19H16N2O4. The average Bonchev–Trinajstić information content (AvgIpc) is 2.63. The number of nitrogens with zero attached hydrogens (tertiary/aromatic N) is 1. The van der Waals surface area contributed by atoms with Gasteiger partial charge in [-0.3, -0.25) is 4.79 Å². The van der Waals surface area contributed by atoms with E-state index < -0.39 is 23.2 Å². The molecule has 0 spiro atoms. The van der Waals surface area contributed by atoms with E-state index in [1.54, 1.807) is 6.92 Å². The van der Waals surface area contributed by atoms with Gasteiger partial charge in [-0.2, -0.15) is 5.10 Å². The Labute approximate surface area is 143 Å². The van der Waals surface area contributed by atoms with Crippen LogP contribution in [0.1, 0.15) is 22.8 Å². The van der Waals surface area contributed by atoms with Crippen molar-refractivity contribution in [2.45, 2.75) is 6.92 Å². The first-order valence-corrected chi connectivity index (χ1v) is 7.54. The third-order valence-corrected chi connectivity index (χ3v) is 3.82. The van der Waals surface area contributed by atoms with Crippen LogP contribution in [0.2, 0.25) is 0 Å². The Morgan fingerprint density at radius 1 is 0.880 bits per heavy atom. The summed E-state index contributed by atoms with van der Waals surface area (Å²) in [5.74, 6) is -2.46. The lowest BCUT2D eigenvalue weighted by Crippen LogP contribution is -2.19. The Kier molecular flexibility index (Phi) is 4.26. The number of hydrazone groups is 1. The monoisotopic (exact) mass is 336 g/mol. The number of rotatable bonds is 3. The van der Waals surface area contributed by atoms with Gasteiger partial charge in [-0.1, -0.05) is 36.4 Å². The van der Waals surface area contributed by atoms with Gasteiger partial charge in [-0.15, -0.1) is 0 Å². The van der Waals surface area contributed by atoms with Gasteiger partial charge in [0, 0.05) is 5.56 Å². The molecule has 3 aromatic rings. The number of hydrogen-bond acceptors (Lipinski definition) is 5. The fourth-order valence-corrected chi connectivity index (χ4v) is 2.41. The Balaban J connectivity index is 1.81. The minimum Gasteiger partial charge on any atom is -0.504 e. The van der Waals surface area contributed by atoms with Crippen molar-refractivity contribution in [2.24, 2.45) is 5.10 Å². The molecule has 0 bridgehead atoms. The van der Waals surface area contributed by atoms with Gasteiger partial charge in [0.05, 0.1) is 5.71 Å². The maximum absolute atomic E-state index is 12.1. The van der Waals surface area contributed by atoms with Gasteiger partial charge < -0.3 is 15.3 Å². The largest absolute Gasteiger partial charge is 0.504 e. The van der Waals surface area contributed by atoms with Gasteiger partial charge in [-0.05, 0) is 41.5 Å². The van der Waals surface area contributed by atoms with Crippen molar-refractivity contribution < 1.29 is 20.1 Å². The van der Waals surface area contributed by atoms with Crippen molar-refractivity contribution in [3.63, 3.8) is 0 Å². The molecule has 0 unspecified atom stereocenters. The zero-order valence-corrected chi connectivity index (χ0v) is 13.4. The van der Waals surface area contributed by atoms with E-state index in [0.29, 0.717) is 5.71 Å². The molecule has 0 aromatic heterocycles. The van der Waals surface area contributed by atoms with Crippen LogP contribution in [0, 0.1) is 0 Å². The van der Waals surface area contributed by atoms with Crippen LogP contribution < -0.4 is 5.43 Å². The molecular weight excluding hydrogens is 320 g/mol. The predicted molar refractivity (Wildman–Crippen MR) is 95.1 cm³/mol. The summed E-state index contributed by atoms with van der Waals surface area (Å²) >= 11 is 0. The van der Waals surface area contributed by atoms with Gasteiger partial charge in [0.1, 0.15) is 0 Å². The van der Waals surface area contributed by atoms with Crippen molar-refractivity contribution in [3.05, 3.63) is 65.7 Å². The number of amides is 1. The fraction of sp³-hybridized carbons (Fsp3) is 0.0526. The van der Waals surface area contributed by atoms with E-state index in [-0.39, 0.29) is 5.56 Å². The summed E-state index contributed by atoms with van der Waals surface area (Å²) in [7, 11) is 0. The molecule has 0 fully saturated rings. The van der Waals surface area contributed by atoms with E-state index in [1.807, 2.05) is 42.5 Å². The van der Waals surface area contributed by atoms with Crippen LogP contribution in [-0.4, -0.2) is 26.9 Å². The van der Waals surface area contributed by atoms with Crippen LogP contribution in [0.25, 0.3) is 10.8 Å². The van der Waals surface area contributed by atoms with E-state index in [9.17, 15) is 20.1 Å². The third kappa shape index (κ3) is 3.37. The highest BCUT2D eigenvalue weighted by atomic mass is 16.3. The number of hydrogen-bond donors (Lipinski definition) is 4. The molecule has 4 N–H and O–H groups in total. The molecule has 0 saturated heterocycles. The van der Waals surface area contributed by atoms with Crippen molar-refractivity contribution in [1.82, 2.24) is 5.43 Å². The minimum atomic E-state index is -0.674. The second-order valence-electron chi connectivity index (χ2n) is 5.56. The number of carbonyl (C=O) groups excluding carboxylic acids is 1. The molecule has 25 heavy (non-hydrogen) atoms. The van der Waals surface area contributed by atoms with E-state index in [0.717, 1.165) is 28.5 Å². The average molecular weight is 336 g/mol. The predicted octanol–water partition coefficient (Wildman–Crippen LogP) is 3.11. The molecule has 1 amide bonds. The van der Waals surface area contributed by atoms with Crippen molar-refractivity contribution in [1.29, 1.82) is 0 Å². The quantitative estimate of drug-likeness (QED) is 0.335. The lowest BCUT2D eigenvalue weighted by atomic mass is 10.0. The third-order valence-electron chi connectivity index (χ3n) is 3.82. The van der Waals surface area contributed by atoms with Crippen molar-refractivity contribution in [3.8, 4) is 17.2 Å². The molecule has 0 saturated carbocycles. The van der Waals surface area contributed by atoms with Gasteiger partial charge in [0.15, 0.2) is 17.2 Å². The summed E-state index contributed by atoms with van der Waals surface area (Å²) in [6.07, 6.45) is 0. The van der Waals surface area contributed by atoms with Crippen LogP contribution in [0.3, 0.4) is 0 Å². The molecule has 0 aliphatic rings. The normalized spacial score (nSPS) is 11.5. The van der Waals surface area contributed by atoms with Crippen LogP contribution in [0.4, 0.5) is 0 Å². The van der Waals surface area contributed by atoms with Gasteiger partial charge in [-0.25, -0.2) is 5.43 Å². The summed E-state index contributed by atoms with van der Waals surface area (Å²) in [4.78, 5) is 12.1. The zero-order valence-electron chi connectivity index (χ0n) is 13.4. The van der Waals surface area contributed by atoms with E-state index in [2.05, 4.69) is 10.5 Å². The highest BCUT2D eigenvalue weighted by Crippen LogP contribution is 2.35. The number of phenolic OH excluding ortho intramolecular Hbond substituents is 3. The van der Waals surface area contributed by atoms with E-state index in [1.165, 1.54) is 0 Å². The number of nitrogens with one attached hydrogen (secondary N) is 1. The molecule has 0 heterocycles. The molecule has 0 aliphatic carbocycles. The first kappa shape index (κ1) is 16.3. The van der Waals surface area contributed by atoms with Crippen molar-refractivity contribution in [2.75, 3.05) is 0 Å². The smallest absolute Gasteiger partial charge is 0.271 e. The molecule has 0 aliphatic heterocycles. The van der Waals surface area contributed by atoms with Gasteiger partial charge in [0.2, 0.25) is 0 Å². The molecule has 0 radical (unpaired) electrons. The maximum atomic E-state index is 12.1. The van der Waals surface area contributed by atoms with E-state index in [4.69, 9.17) is 0 Å². The van der Waals surface area contributed by atoms with Crippen LogP contribution in [0.5, 0.6) is 17.2 Å². The highest BCUT2D eigenvalue weighted by molar-refractivity contribution is 6.03. The first-order chi connectivity index (χ1) is 12.0. The Bertz CT molecular complexity index is 973. The lowest BCUT2D eigenvalue weighted by Gasteiger charge is -2.06. The molecule has 3 aromatic carbocycles. The Morgan fingerprint density at radius 3 is 2.20 bits per heavy atom. The summed E-state index contributed by atoms with van der Waals surface area (Å²) in [5.41, 5.74) is 3.80. The fourth-order valence-electron chi connectivity index (χ4n) is 2.41. The molecule has 3 rings (SSSR count). The number of fused-ring (bicyclic) bond motifs is 1. The Hall–Kier alpha value is -3.54. The van der Waals surface area contributed by atoms with Crippen LogP contribution in [0.15, 0.2) is 59.7 Å². The number of carbonyl (C=O) groups is 1. The standard InChI is InChI=1S/C19H16N2O4/c1-11(13-7-6-12-4-2-3-5-14(12)8-13)20-21-19(25)15-9-16(22)18(24)17(23)10-15/h2-10,22-24H,1H3,(H,21,25). The van der Waals surface area contributed by atoms with Gasteiger partial charge >= 0.3 is 0 Å². The maximum Gasteiger partial charge on any atom is 0.271 e. The second-order valence-corrected chi connectivity index (χ2v) is 5.56. The number of aromatic hydroxyl groups is 3. The van der Waals surface area contributed by atoms with E-state index >= 15 is 0 Å². The zero-order chi connectivity index (χ0) is 18.0. The molecule has 126 valence electrons. The Morgan fingerprint density at radius 2 is 1.52 bits per heavy atom. The molecule has 0 atom stereocenters. The van der Waals surface area contributed by atoms with Crippen LogP contribution in [-0.2, 0) is 0 Å². The second kappa shape index (κ2) is 6.52. The van der Waals surface area contributed by atoms with Crippen molar-refractivity contribution >= 4 is 22.4 Å². The SMILES string of the molecule is CC(=NNC(=O)c1cc(O)c(O)c(O)c1)c1ccc2ccccc2c1. The van der Waals surface area contributed by atoms with Gasteiger partial charge in [0.25, 0.3) is 5.91 Å². The summed E-state index contributed by atoms with van der Waals surface area (Å²) in [6, 6.07) is 15.9. The highest BCUT2D eigenvalue weighted by Gasteiger charge is 2.13. The lowest BCUT2D eigenvalue weighted by molar-refractivity contribution is 0.0954. The minimum absolute atomic E-state index is 0.0251.